The molecule has 0 amide bonds. The Hall–Kier alpha value is -3.30. The molecule has 1 aliphatic rings. The normalized spacial score (nSPS) is 15.1. The number of aromatic amines is 1. The molecule has 2 N–H and O–H groups in total. The van der Waals surface area contributed by atoms with Gasteiger partial charge in [-0.25, -0.2) is 0 Å². The van der Waals surface area contributed by atoms with Gasteiger partial charge >= 0.3 is 0 Å². The zero-order valence-electron chi connectivity index (χ0n) is 19.8. The Morgan fingerprint density at radius 3 is 2.53 bits per heavy atom. The lowest BCUT2D eigenvalue weighted by atomic mass is 9.88. The molecular formula is C25H29N3O5S. The van der Waals surface area contributed by atoms with Crippen LogP contribution < -0.4 is 25.1 Å². The van der Waals surface area contributed by atoms with Crippen molar-refractivity contribution in [3.8, 4) is 17.2 Å². The van der Waals surface area contributed by atoms with Gasteiger partial charge in [-0.15, -0.1) is 0 Å². The predicted octanol–water partition coefficient (Wildman–Crippen LogP) is 3.02. The fourth-order valence-electron chi connectivity index (χ4n) is 4.39. The highest BCUT2D eigenvalue weighted by atomic mass is 32.1. The van der Waals surface area contributed by atoms with Crippen LogP contribution in [-0.4, -0.2) is 63.1 Å². The van der Waals surface area contributed by atoms with Crippen molar-refractivity contribution in [2.45, 2.75) is 12.5 Å². The summed E-state index contributed by atoms with van der Waals surface area (Å²) < 4.78 is 21.6. The lowest BCUT2D eigenvalue weighted by molar-refractivity contribution is 0.202. The van der Waals surface area contributed by atoms with Gasteiger partial charge in [0.2, 0.25) is 0 Å². The molecule has 2 aromatic carbocycles. The summed E-state index contributed by atoms with van der Waals surface area (Å²) in [6.45, 7) is 1.74. The SMILES string of the molecule is COCCNC(=S)N1CCc2cc(OC)c(OC)cc2C1c1cc2cc(OC)ccc2[nH]c1=O. The Morgan fingerprint density at radius 1 is 1.06 bits per heavy atom. The average molecular weight is 484 g/mol. The quantitative estimate of drug-likeness (QED) is 0.392. The number of pyridine rings is 1. The van der Waals surface area contributed by atoms with Crippen molar-refractivity contribution in [3.05, 3.63) is 63.4 Å². The Morgan fingerprint density at radius 2 is 1.82 bits per heavy atom. The molecular weight excluding hydrogens is 454 g/mol. The van der Waals surface area contributed by atoms with Gasteiger partial charge in [0, 0.05) is 36.7 Å². The molecule has 3 aromatic rings. The number of thiocarbonyl (C=S) groups is 1. The summed E-state index contributed by atoms with van der Waals surface area (Å²) in [5.74, 6) is 1.98. The third kappa shape index (κ3) is 4.53. The van der Waals surface area contributed by atoms with Crippen LogP contribution in [0.1, 0.15) is 22.7 Å². The molecule has 1 atom stereocenters. The molecule has 1 unspecified atom stereocenters. The van der Waals surface area contributed by atoms with Crippen LogP contribution in [0.25, 0.3) is 10.9 Å². The van der Waals surface area contributed by atoms with E-state index >= 15 is 0 Å². The number of hydrogen-bond acceptors (Lipinski definition) is 6. The second-order valence-corrected chi connectivity index (χ2v) is 8.37. The van der Waals surface area contributed by atoms with E-state index in [9.17, 15) is 4.79 Å². The second-order valence-electron chi connectivity index (χ2n) is 7.98. The number of rotatable bonds is 7. The van der Waals surface area contributed by atoms with Crippen molar-refractivity contribution in [1.82, 2.24) is 15.2 Å². The minimum atomic E-state index is -0.412. The molecule has 34 heavy (non-hydrogen) atoms. The van der Waals surface area contributed by atoms with E-state index in [4.69, 9.17) is 31.2 Å². The zero-order valence-corrected chi connectivity index (χ0v) is 20.6. The van der Waals surface area contributed by atoms with Crippen LogP contribution in [0.4, 0.5) is 0 Å². The highest BCUT2D eigenvalue weighted by Gasteiger charge is 2.33. The summed E-state index contributed by atoms with van der Waals surface area (Å²) >= 11 is 5.75. The molecule has 8 nitrogen and oxygen atoms in total. The maximum Gasteiger partial charge on any atom is 0.254 e. The van der Waals surface area contributed by atoms with Gasteiger partial charge in [-0.05, 0) is 66.2 Å². The summed E-state index contributed by atoms with van der Waals surface area (Å²) in [6, 6.07) is 11.0. The molecule has 4 rings (SSSR count). The largest absolute Gasteiger partial charge is 0.497 e. The lowest BCUT2D eigenvalue weighted by Crippen LogP contribution is -2.47. The first-order valence-corrected chi connectivity index (χ1v) is 11.4. The third-order valence-electron chi connectivity index (χ3n) is 6.09. The standard InChI is InChI=1S/C25H29N3O5S/c1-30-10-8-26-25(34)28-9-7-15-13-21(32-3)22(33-4)14-18(15)23(28)19-12-16-11-17(31-2)5-6-20(16)27-24(19)29/h5-6,11-14,23H,7-10H2,1-4H3,(H,26,34)(H,27,29). The third-order valence-corrected chi connectivity index (χ3v) is 6.47. The van der Waals surface area contributed by atoms with Crippen molar-refractivity contribution in [2.75, 3.05) is 48.1 Å². The van der Waals surface area contributed by atoms with E-state index in [0.29, 0.717) is 41.9 Å². The Balaban J connectivity index is 1.88. The smallest absolute Gasteiger partial charge is 0.254 e. The van der Waals surface area contributed by atoms with E-state index in [1.54, 1.807) is 28.4 Å². The molecule has 0 saturated carbocycles. The van der Waals surface area contributed by atoms with Crippen molar-refractivity contribution in [1.29, 1.82) is 0 Å². The van der Waals surface area contributed by atoms with E-state index in [1.165, 1.54) is 0 Å². The van der Waals surface area contributed by atoms with E-state index in [1.807, 2.05) is 36.4 Å². The van der Waals surface area contributed by atoms with Crippen LogP contribution in [-0.2, 0) is 11.2 Å². The predicted molar refractivity (Wildman–Crippen MR) is 135 cm³/mol. The van der Waals surface area contributed by atoms with Crippen LogP contribution in [0, 0.1) is 0 Å². The van der Waals surface area contributed by atoms with E-state index in [-0.39, 0.29) is 5.56 Å². The molecule has 1 aliphatic heterocycles. The number of methoxy groups -OCH3 is 4. The van der Waals surface area contributed by atoms with Crippen LogP contribution >= 0.6 is 12.2 Å². The number of fused-ring (bicyclic) bond motifs is 2. The monoisotopic (exact) mass is 483 g/mol. The molecule has 0 spiro atoms. The van der Waals surface area contributed by atoms with Gasteiger partial charge in [-0.3, -0.25) is 4.79 Å². The summed E-state index contributed by atoms with van der Waals surface area (Å²) in [6.07, 6.45) is 0.748. The number of H-pyrrole nitrogens is 1. The Kier molecular flexibility index (Phi) is 7.23. The van der Waals surface area contributed by atoms with Crippen molar-refractivity contribution in [3.63, 3.8) is 0 Å². The van der Waals surface area contributed by atoms with Gasteiger partial charge in [0.15, 0.2) is 16.6 Å². The molecule has 0 fully saturated rings. The van der Waals surface area contributed by atoms with Gasteiger partial charge in [0.1, 0.15) is 5.75 Å². The number of hydrogen-bond donors (Lipinski definition) is 2. The molecule has 180 valence electrons. The van der Waals surface area contributed by atoms with E-state index in [2.05, 4.69) is 15.2 Å². The van der Waals surface area contributed by atoms with Crippen LogP contribution in [0.15, 0.2) is 41.2 Å². The van der Waals surface area contributed by atoms with Gasteiger partial charge < -0.3 is 34.1 Å². The van der Waals surface area contributed by atoms with E-state index < -0.39 is 6.04 Å². The lowest BCUT2D eigenvalue weighted by Gasteiger charge is -2.39. The fourth-order valence-corrected chi connectivity index (χ4v) is 4.69. The van der Waals surface area contributed by atoms with Crippen LogP contribution in [0.5, 0.6) is 17.2 Å². The number of benzene rings is 2. The molecule has 0 aliphatic carbocycles. The number of nitrogens with one attached hydrogen (secondary N) is 2. The summed E-state index contributed by atoms with van der Waals surface area (Å²) in [7, 11) is 6.49. The van der Waals surface area contributed by atoms with Crippen LogP contribution in [0.2, 0.25) is 0 Å². The average Bonchev–Trinajstić information content (AvgIpc) is 2.86. The molecule has 2 heterocycles. The molecule has 9 heteroatoms. The van der Waals surface area contributed by atoms with E-state index in [0.717, 1.165) is 34.2 Å². The summed E-state index contributed by atoms with van der Waals surface area (Å²) in [5, 5.41) is 4.69. The first-order chi connectivity index (χ1) is 16.5. The number of nitrogens with zero attached hydrogens (tertiary/aromatic N) is 1. The van der Waals surface area contributed by atoms with Gasteiger partial charge in [-0.1, -0.05) is 0 Å². The Bertz CT molecular complexity index is 1260. The summed E-state index contributed by atoms with van der Waals surface area (Å²) in [5.41, 5.74) is 3.20. The minimum absolute atomic E-state index is 0.171. The van der Waals surface area contributed by atoms with Gasteiger partial charge in [-0.2, -0.15) is 0 Å². The Labute approximate surface area is 203 Å². The van der Waals surface area contributed by atoms with Crippen molar-refractivity contribution in [2.24, 2.45) is 0 Å². The molecule has 0 radical (unpaired) electrons. The zero-order chi connectivity index (χ0) is 24.2. The first-order valence-electron chi connectivity index (χ1n) is 11.0. The minimum Gasteiger partial charge on any atom is -0.497 e. The van der Waals surface area contributed by atoms with Crippen LogP contribution in [0.3, 0.4) is 0 Å². The molecule has 0 bridgehead atoms. The summed E-state index contributed by atoms with van der Waals surface area (Å²) in [4.78, 5) is 18.4. The highest BCUT2D eigenvalue weighted by Crippen LogP contribution is 2.40. The fraction of sp³-hybridized carbons (Fsp3) is 0.360. The number of ether oxygens (including phenoxy) is 4. The number of aromatic nitrogens is 1. The first kappa shape index (κ1) is 23.8. The topological polar surface area (TPSA) is 85.1 Å². The molecule has 0 saturated heterocycles. The van der Waals surface area contributed by atoms with Crippen molar-refractivity contribution >= 4 is 28.2 Å². The maximum absolute atomic E-state index is 13.3. The molecule has 1 aromatic heterocycles. The highest BCUT2D eigenvalue weighted by molar-refractivity contribution is 7.80. The second kappa shape index (κ2) is 10.3. The van der Waals surface area contributed by atoms with Crippen molar-refractivity contribution < 1.29 is 18.9 Å². The maximum atomic E-state index is 13.3. The van der Waals surface area contributed by atoms with Gasteiger partial charge in [0.25, 0.3) is 5.56 Å². The van der Waals surface area contributed by atoms with Gasteiger partial charge in [0.05, 0.1) is 34.0 Å².